The molecule has 1 N–H and O–H groups in total. The molecular formula is C15H21BrN4OS. The number of hydrogen-bond donors (Lipinski definition) is 1. The van der Waals surface area contributed by atoms with Crippen molar-refractivity contribution in [1.82, 2.24) is 14.5 Å². The third kappa shape index (κ3) is 2.61. The summed E-state index contributed by atoms with van der Waals surface area (Å²) >= 11 is 5.25. The summed E-state index contributed by atoms with van der Waals surface area (Å²) in [6.45, 7) is 2.53. The van der Waals surface area contributed by atoms with Crippen molar-refractivity contribution in [3.63, 3.8) is 0 Å². The molecule has 0 amide bonds. The summed E-state index contributed by atoms with van der Waals surface area (Å²) in [6.07, 6.45) is 6.52. The van der Waals surface area contributed by atoms with Crippen molar-refractivity contribution in [1.29, 1.82) is 0 Å². The van der Waals surface area contributed by atoms with Gasteiger partial charge in [-0.25, -0.2) is 0 Å². The molecule has 0 bridgehead atoms. The Morgan fingerprint density at radius 2 is 2.14 bits per heavy atom. The van der Waals surface area contributed by atoms with E-state index in [2.05, 4.69) is 35.7 Å². The average molecular weight is 385 g/mol. The molecule has 1 saturated carbocycles. The predicted octanol–water partition coefficient (Wildman–Crippen LogP) is 2.63. The van der Waals surface area contributed by atoms with Gasteiger partial charge >= 0.3 is 0 Å². The maximum Gasteiger partial charge on any atom is 0.280 e. The van der Waals surface area contributed by atoms with Crippen molar-refractivity contribution in [2.45, 2.75) is 61.6 Å². The molecule has 0 aromatic carbocycles. The highest BCUT2D eigenvalue weighted by atomic mass is 79.9. The smallest absolute Gasteiger partial charge is 0.280 e. The van der Waals surface area contributed by atoms with Crippen LogP contribution in [0.5, 0.6) is 0 Å². The molecule has 1 aliphatic carbocycles. The lowest BCUT2D eigenvalue weighted by atomic mass is 9.94. The van der Waals surface area contributed by atoms with Crippen molar-refractivity contribution >= 4 is 33.5 Å². The van der Waals surface area contributed by atoms with Crippen molar-refractivity contribution in [2.24, 2.45) is 0 Å². The molecule has 0 saturated heterocycles. The molecule has 1 aromatic heterocycles. The van der Waals surface area contributed by atoms with E-state index in [-0.39, 0.29) is 5.56 Å². The van der Waals surface area contributed by atoms with Crippen molar-refractivity contribution in [3.8, 4) is 0 Å². The molecule has 22 heavy (non-hydrogen) atoms. The highest BCUT2D eigenvalue weighted by Crippen LogP contribution is 2.36. The maximum absolute atomic E-state index is 12.4. The van der Waals surface area contributed by atoms with E-state index in [1.807, 2.05) is 0 Å². The molecule has 0 spiro atoms. The molecule has 0 unspecified atom stereocenters. The zero-order valence-corrected chi connectivity index (χ0v) is 15.0. The summed E-state index contributed by atoms with van der Waals surface area (Å²) in [6, 6.07) is 0.622. The summed E-state index contributed by atoms with van der Waals surface area (Å²) in [5, 5.41) is 5.78. The van der Waals surface area contributed by atoms with Crippen LogP contribution >= 0.6 is 27.7 Å². The summed E-state index contributed by atoms with van der Waals surface area (Å²) in [5.74, 6) is 1.01. The quantitative estimate of drug-likeness (QED) is 0.627. The standard InChI is InChI=1S/C15H21BrN4OS/c16-6-11-7-20-13-12(14(21)18-15(20)22-11)8-19(9-17-13)10-4-2-1-3-5-10/h10-11,17H,1-9H2/t11-/m0/s1. The fourth-order valence-electron chi connectivity index (χ4n) is 3.79. The third-order valence-electron chi connectivity index (χ3n) is 4.97. The monoisotopic (exact) mass is 384 g/mol. The first-order valence-corrected chi connectivity index (χ1v) is 10.1. The Kier molecular flexibility index (Phi) is 4.21. The average Bonchev–Trinajstić information content (AvgIpc) is 2.98. The molecule has 0 radical (unpaired) electrons. The summed E-state index contributed by atoms with van der Waals surface area (Å²) in [4.78, 5) is 19.2. The first-order chi connectivity index (χ1) is 10.8. The van der Waals surface area contributed by atoms with Crippen LogP contribution in [0.15, 0.2) is 9.95 Å². The second kappa shape index (κ2) is 6.17. The van der Waals surface area contributed by atoms with Crippen LogP contribution in [-0.2, 0) is 13.1 Å². The highest BCUT2D eigenvalue weighted by molar-refractivity contribution is 9.09. The Morgan fingerprint density at radius 3 is 2.91 bits per heavy atom. The van der Waals surface area contributed by atoms with E-state index >= 15 is 0 Å². The Labute approximate surface area is 143 Å². The van der Waals surface area contributed by atoms with E-state index in [4.69, 9.17) is 0 Å². The van der Waals surface area contributed by atoms with Gasteiger partial charge in [-0.2, -0.15) is 4.98 Å². The number of fused-ring (bicyclic) bond motifs is 3. The fraction of sp³-hybridized carbons (Fsp3) is 0.733. The van der Waals surface area contributed by atoms with E-state index in [1.165, 1.54) is 32.1 Å². The Balaban J connectivity index is 1.62. The number of nitrogens with one attached hydrogen (secondary N) is 1. The van der Waals surface area contributed by atoms with Gasteiger partial charge in [0.15, 0.2) is 5.16 Å². The van der Waals surface area contributed by atoms with E-state index in [0.717, 1.165) is 41.6 Å². The molecule has 5 nitrogen and oxygen atoms in total. The number of hydrogen-bond acceptors (Lipinski definition) is 5. The van der Waals surface area contributed by atoms with E-state index in [1.54, 1.807) is 11.8 Å². The topological polar surface area (TPSA) is 50.2 Å². The number of thioether (sulfide) groups is 1. The molecule has 120 valence electrons. The van der Waals surface area contributed by atoms with E-state index in [9.17, 15) is 4.79 Å². The van der Waals surface area contributed by atoms with Gasteiger partial charge in [-0.1, -0.05) is 47.0 Å². The first-order valence-electron chi connectivity index (χ1n) is 8.10. The van der Waals surface area contributed by atoms with Crippen LogP contribution in [-0.4, -0.2) is 37.7 Å². The van der Waals surface area contributed by atoms with Gasteiger partial charge in [-0.3, -0.25) is 9.69 Å². The van der Waals surface area contributed by atoms with Crippen molar-refractivity contribution in [3.05, 3.63) is 15.9 Å². The minimum atomic E-state index is -0.0445. The second-order valence-electron chi connectivity index (χ2n) is 6.41. The van der Waals surface area contributed by atoms with Crippen molar-refractivity contribution < 1.29 is 0 Å². The second-order valence-corrected chi connectivity index (χ2v) is 8.32. The fourth-order valence-corrected chi connectivity index (χ4v) is 5.40. The Hall–Kier alpha value is -0.530. The van der Waals surface area contributed by atoms with Gasteiger partial charge in [0, 0.05) is 29.7 Å². The van der Waals surface area contributed by atoms with Gasteiger partial charge in [0.2, 0.25) is 0 Å². The molecular weight excluding hydrogens is 364 g/mol. The van der Waals surface area contributed by atoms with Crippen LogP contribution in [0.1, 0.15) is 37.7 Å². The molecule has 7 heteroatoms. The van der Waals surface area contributed by atoms with E-state index in [0.29, 0.717) is 11.3 Å². The zero-order chi connectivity index (χ0) is 15.1. The largest absolute Gasteiger partial charge is 0.358 e. The number of alkyl halides is 1. The number of halogens is 1. The van der Waals surface area contributed by atoms with E-state index < -0.39 is 0 Å². The highest BCUT2D eigenvalue weighted by Gasteiger charge is 2.32. The van der Waals surface area contributed by atoms with Gasteiger partial charge in [0.05, 0.1) is 12.2 Å². The zero-order valence-electron chi connectivity index (χ0n) is 12.6. The van der Waals surface area contributed by atoms with Gasteiger partial charge < -0.3 is 9.88 Å². The lowest BCUT2D eigenvalue weighted by Gasteiger charge is -2.38. The van der Waals surface area contributed by atoms with Crippen molar-refractivity contribution in [2.75, 3.05) is 17.3 Å². The third-order valence-corrected chi connectivity index (χ3v) is 7.36. The van der Waals surface area contributed by atoms with Crippen LogP contribution in [0.3, 0.4) is 0 Å². The maximum atomic E-state index is 12.4. The number of nitrogens with zero attached hydrogens (tertiary/aromatic N) is 3. The Bertz CT molecular complexity index is 629. The van der Waals surface area contributed by atoms with Gasteiger partial charge in [0.25, 0.3) is 5.56 Å². The summed E-state index contributed by atoms with van der Waals surface area (Å²) < 4.78 is 2.20. The molecule has 4 rings (SSSR count). The normalized spacial score (nSPS) is 25.6. The van der Waals surface area contributed by atoms with Crippen LogP contribution in [0, 0.1) is 0 Å². The lowest BCUT2D eigenvalue weighted by Crippen LogP contribution is -2.45. The summed E-state index contributed by atoms with van der Waals surface area (Å²) in [7, 11) is 0. The Morgan fingerprint density at radius 1 is 1.32 bits per heavy atom. The van der Waals surface area contributed by atoms with Crippen LogP contribution < -0.4 is 10.9 Å². The number of anilines is 1. The predicted molar refractivity (Wildman–Crippen MR) is 92.8 cm³/mol. The minimum Gasteiger partial charge on any atom is -0.358 e. The molecule has 1 atom stereocenters. The van der Waals surface area contributed by atoms with Crippen LogP contribution in [0.2, 0.25) is 0 Å². The number of aromatic nitrogens is 2. The summed E-state index contributed by atoms with van der Waals surface area (Å²) in [5.41, 5.74) is 0.813. The minimum absolute atomic E-state index is 0.0445. The molecule has 1 aromatic rings. The number of rotatable bonds is 2. The van der Waals surface area contributed by atoms with Crippen LogP contribution in [0.4, 0.5) is 5.82 Å². The first kappa shape index (κ1) is 15.0. The molecule has 3 heterocycles. The van der Waals surface area contributed by atoms with Gasteiger partial charge in [-0.05, 0) is 12.8 Å². The molecule has 3 aliphatic rings. The van der Waals surface area contributed by atoms with Crippen LogP contribution in [0.25, 0.3) is 0 Å². The SMILES string of the molecule is O=c1nc2n(c3c1CN(C1CCCCC1)CN3)C[C@H](CBr)S2. The lowest BCUT2D eigenvalue weighted by molar-refractivity contribution is 0.151. The molecule has 1 fully saturated rings. The van der Waals surface area contributed by atoms with Gasteiger partial charge in [-0.15, -0.1) is 0 Å². The van der Waals surface area contributed by atoms with Gasteiger partial charge in [0.1, 0.15) is 5.82 Å². The molecule has 2 aliphatic heterocycles.